The molecule has 0 atom stereocenters. The van der Waals surface area contributed by atoms with Gasteiger partial charge in [0, 0.05) is 11.6 Å². The third-order valence-electron chi connectivity index (χ3n) is 4.88. The Balaban J connectivity index is 1.76. The van der Waals surface area contributed by atoms with Crippen LogP contribution < -0.4 is 20.5 Å². The van der Waals surface area contributed by atoms with Crippen molar-refractivity contribution in [2.24, 2.45) is 5.73 Å². The van der Waals surface area contributed by atoms with Gasteiger partial charge in [-0.3, -0.25) is 9.59 Å². The molecule has 3 aromatic carbocycles. The van der Waals surface area contributed by atoms with Crippen molar-refractivity contribution in [3.63, 3.8) is 0 Å². The van der Waals surface area contributed by atoms with Crippen molar-refractivity contribution < 1.29 is 19.1 Å². The Hall–Kier alpha value is -4.66. The van der Waals surface area contributed by atoms with Crippen molar-refractivity contribution >= 4 is 17.5 Å². The van der Waals surface area contributed by atoms with Gasteiger partial charge >= 0.3 is 0 Å². The molecule has 0 fully saturated rings. The molecule has 0 unspecified atom stereocenters. The molecule has 0 aliphatic heterocycles. The number of benzene rings is 3. The molecule has 0 aliphatic rings. The van der Waals surface area contributed by atoms with Gasteiger partial charge in [0.2, 0.25) is 5.82 Å². The summed E-state index contributed by atoms with van der Waals surface area (Å²) in [7, 11) is 2.88. The number of hydrogen-bond acceptors (Lipinski definition) is 6. The molecule has 9 heteroatoms. The number of para-hydroxylation sites is 1. The Bertz CT molecular complexity index is 1250. The summed E-state index contributed by atoms with van der Waals surface area (Å²) in [5.74, 6) is -0.305. The first-order chi connectivity index (χ1) is 16.0. The normalized spacial score (nSPS) is 10.5. The number of ether oxygens (including phenoxy) is 2. The fraction of sp³-hybridized carbons (Fsp3) is 0.0833. The average Bonchev–Trinajstić information content (AvgIpc) is 3.30. The van der Waals surface area contributed by atoms with E-state index in [1.807, 2.05) is 60.7 Å². The Morgan fingerprint density at radius 1 is 0.909 bits per heavy atom. The number of hydrogen-bond donors (Lipinski definition) is 2. The van der Waals surface area contributed by atoms with Crippen LogP contribution in [0.15, 0.2) is 72.8 Å². The first kappa shape index (κ1) is 21.6. The first-order valence-corrected chi connectivity index (χ1v) is 9.97. The molecule has 1 heterocycles. The van der Waals surface area contributed by atoms with Gasteiger partial charge in [0.1, 0.15) is 0 Å². The molecule has 2 amide bonds. The third-order valence-corrected chi connectivity index (χ3v) is 4.88. The minimum atomic E-state index is -0.737. The summed E-state index contributed by atoms with van der Waals surface area (Å²) in [4.78, 5) is 29.5. The van der Waals surface area contributed by atoms with Gasteiger partial charge in [-0.2, -0.15) is 0 Å². The number of methoxy groups -OCH3 is 2. The highest BCUT2D eigenvalue weighted by Gasteiger charge is 2.22. The molecule has 0 saturated carbocycles. The monoisotopic (exact) mass is 443 g/mol. The van der Waals surface area contributed by atoms with E-state index in [2.05, 4.69) is 15.4 Å². The van der Waals surface area contributed by atoms with E-state index in [0.29, 0.717) is 17.3 Å². The molecule has 4 aromatic rings. The van der Waals surface area contributed by atoms with Crippen LogP contribution in [0, 0.1) is 0 Å². The van der Waals surface area contributed by atoms with Crippen molar-refractivity contribution in [2.75, 3.05) is 19.5 Å². The minimum absolute atomic E-state index is 0.0618. The van der Waals surface area contributed by atoms with E-state index in [9.17, 15) is 9.59 Å². The zero-order valence-corrected chi connectivity index (χ0v) is 18.0. The lowest BCUT2D eigenvalue weighted by molar-refractivity contribution is 0.100. The smallest absolute Gasteiger partial charge is 0.295 e. The number of aromatic nitrogens is 3. The molecule has 0 radical (unpaired) electrons. The molecule has 4 rings (SSSR count). The number of nitrogens with two attached hydrogens (primary N) is 1. The Kier molecular flexibility index (Phi) is 6.03. The van der Waals surface area contributed by atoms with E-state index in [4.69, 9.17) is 15.2 Å². The van der Waals surface area contributed by atoms with E-state index in [-0.39, 0.29) is 17.1 Å². The maximum absolute atomic E-state index is 13.1. The van der Waals surface area contributed by atoms with Crippen molar-refractivity contribution in [3.05, 3.63) is 84.2 Å². The number of primary amides is 1. The number of nitrogens with one attached hydrogen (secondary N) is 1. The molecular weight excluding hydrogens is 422 g/mol. The van der Waals surface area contributed by atoms with Crippen LogP contribution in [-0.2, 0) is 0 Å². The fourth-order valence-corrected chi connectivity index (χ4v) is 3.30. The highest BCUT2D eigenvalue weighted by molar-refractivity contribution is 6.07. The van der Waals surface area contributed by atoms with Gasteiger partial charge in [-0.15, -0.1) is 5.10 Å². The quantitative estimate of drug-likeness (QED) is 0.452. The Morgan fingerprint density at radius 3 is 2.12 bits per heavy atom. The lowest BCUT2D eigenvalue weighted by Crippen LogP contribution is -2.19. The summed E-state index contributed by atoms with van der Waals surface area (Å²) in [6, 6.07) is 21.6. The number of carbonyl (C=O) groups excluding carboxylic acids is 2. The number of carbonyl (C=O) groups is 2. The zero-order valence-electron chi connectivity index (χ0n) is 18.0. The molecule has 33 heavy (non-hydrogen) atoms. The maximum Gasteiger partial charge on any atom is 0.295 e. The minimum Gasteiger partial charge on any atom is -0.493 e. The predicted molar refractivity (Wildman–Crippen MR) is 123 cm³/mol. The van der Waals surface area contributed by atoms with Gasteiger partial charge < -0.3 is 20.5 Å². The van der Waals surface area contributed by atoms with Crippen molar-refractivity contribution in [1.29, 1.82) is 0 Å². The second kappa shape index (κ2) is 9.23. The van der Waals surface area contributed by atoms with Crippen molar-refractivity contribution in [3.8, 4) is 28.6 Å². The SMILES string of the molecule is COc1cc(NC(=O)c2nc(-c3ccccc3)n(-c3ccccc3)n2)c(C(N)=O)cc1OC. The standard InChI is InChI=1S/C24H21N5O4/c1-32-19-13-17(21(25)30)18(14-20(19)33-2)26-24(31)22-27-23(15-9-5-3-6-10-15)29(28-22)16-11-7-4-8-12-16/h3-14H,1-2H3,(H2,25,30)(H,26,31). The van der Waals surface area contributed by atoms with Crippen LogP contribution in [-0.4, -0.2) is 40.8 Å². The van der Waals surface area contributed by atoms with Gasteiger partial charge in [-0.25, -0.2) is 9.67 Å². The summed E-state index contributed by atoms with van der Waals surface area (Å²) >= 11 is 0. The summed E-state index contributed by atoms with van der Waals surface area (Å²) in [6.07, 6.45) is 0. The van der Waals surface area contributed by atoms with Crippen molar-refractivity contribution in [2.45, 2.75) is 0 Å². The van der Waals surface area contributed by atoms with Crippen LogP contribution in [0.3, 0.4) is 0 Å². The van der Waals surface area contributed by atoms with Crippen molar-refractivity contribution in [1.82, 2.24) is 14.8 Å². The van der Waals surface area contributed by atoms with Crippen LogP contribution in [0.2, 0.25) is 0 Å². The van der Waals surface area contributed by atoms with Crippen LogP contribution in [0.4, 0.5) is 5.69 Å². The second-order valence-electron chi connectivity index (χ2n) is 6.94. The number of rotatable bonds is 7. The average molecular weight is 443 g/mol. The first-order valence-electron chi connectivity index (χ1n) is 9.97. The Labute approximate surface area is 189 Å². The van der Waals surface area contributed by atoms with E-state index in [0.717, 1.165) is 11.3 Å². The second-order valence-corrected chi connectivity index (χ2v) is 6.94. The van der Waals surface area contributed by atoms with E-state index in [1.54, 1.807) is 4.68 Å². The Morgan fingerprint density at radius 2 is 1.52 bits per heavy atom. The number of amides is 2. The summed E-state index contributed by atoms with van der Waals surface area (Å²) in [5.41, 5.74) is 7.25. The number of nitrogens with zero attached hydrogens (tertiary/aromatic N) is 3. The lowest BCUT2D eigenvalue weighted by Gasteiger charge is -2.13. The fourth-order valence-electron chi connectivity index (χ4n) is 3.30. The van der Waals surface area contributed by atoms with Gasteiger partial charge in [0.25, 0.3) is 11.8 Å². The summed E-state index contributed by atoms with van der Waals surface area (Å²) in [5, 5.41) is 7.09. The highest BCUT2D eigenvalue weighted by Crippen LogP contribution is 2.33. The molecule has 0 bridgehead atoms. The van der Waals surface area contributed by atoms with Gasteiger partial charge in [0.15, 0.2) is 17.3 Å². The summed E-state index contributed by atoms with van der Waals surface area (Å²) < 4.78 is 12.1. The van der Waals surface area contributed by atoms with Crippen LogP contribution in [0.25, 0.3) is 17.1 Å². The third kappa shape index (κ3) is 4.38. The maximum atomic E-state index is 13.1. The molecule has 0 spiro atoms. The van der Waals surface area contributed by atoms with Gasteiger partial charge in [-0.05, 0) is 18.2 Å². The molecule has 1 aromatic heterocycles. The molecular formula is C24H21N5O4. The van der Waals surface area contributed by atoms with Crippen LogP contribution in [0.1, 0.15) is 21.0 Å². The largest absolute Gasteiger partial charge is 0.493 e. The van der Waals surface area contributed by atoms with E-state index in [1.165, 1.54) is 26.4 Å². The van der Waals surface area contributed by atoms with Gasteiger partial charge in [-0.1, -0.05) is 48.5 Å². The topological polar surface area (TPSA) is 121 Å². The molecule has 3 N–H and O–H groups in total. The zero-order chi connectivity index (χ0) is 23.4. The highest BCUT2D eigenvalue weighted by atomic mass is 16.5. The van der Waals surface area contributed by atoms with Crippen LogP contribution >= 0.6 is 0 Å². The molecule has 166 valence electrons. The van der Waals surface area contributed by atoms with E-state index >= 15 is 0 Å². The lowest BCUT2D eigenvalue weighted by atomic mass is 10.1. The van der Waals surface area contributed by atoms with E-state index < -0.39 is 11.8 Å². The predicted octanol–water partition coefficient (Wildman–Crippen LogP) is 3.30. The molecule has 0 saturated heterocycles. The van der Waals surface area contributed by atoms with Crippen LogP contribution in [0.5, 0.6) is 11.5 Å². The summed E-state index contributed by atoms with van der Waals surface area (Å²) in [6.45, 7) is 0. The molecule has 0 aliphatic carbocycles. The molecule has 9 nitrogen and oxygen atoms in total. The van der Waals surface area contributed by atoms with Gasteiger partial charge in [0.05, 0.1) is 31.2 Å². The number of anilines is 1.